The van der Waals surface area contributed by atoms with Crippen LogP contribution in [0.3, 0.4) is 0 Å². The molecule has 4 N–H and O–H groups in total. The summed E-state index contributed by atoms with van der Waals surface area (Å²) >= 11 is 0. The lowest BCUT2D eigenvalue weighted by atomic mass is 10.7. The highest BCUT2D eigenvalue weighted by atomic mass is 32.3. The summed E-state index contributed by atoms with van der Waals surface area (Å²) in [6.45, 7) is 8.23. The van der Waals surface area contributed by atoms with Crippen LogP contribution in [0.1, 0.15) is 0 Å². The number of hydrogen-bond acceptors (Lipinski definition) is 5. The van der Waals surface area contributed by atoms with Crippen molar-refractivity contribution in [2.45, 2.75) is 0 Å². The summed E-state index contributed by atoms with van der Waals surface area (Å²) in [5.41, 5.74) is 5.19. The minimum absolute atomic E-state index is 0.629. The minimum Gasteiger partial charge on any atom is -0.264 e. The predicted octanol–water partition coefficient (Wildman–Crippen LogP) is -0.269. The van der Waals surface area contributed by atoms with Gasteiger partial charge in [0.1, 0.15) is 0 Å². The predicted molar refractivity (Wildman–Crippen MR) is 51.7 cm³/mol. The average molecular weight is 226 g/mol. The zero-order chi connectivity index (χ0) is 11.4. The van der Waals surface area contributed by atoms with Crippen LogP contribution in [0.15, 0.2) is 25.3 Å². The van der Waals surface area contributed by atoms with E-state index in [1.807, 2.05) is 0 Å². The van der Waals surface area contributed by atoms with Gasteiger partial charge in [-0.1, -0.05) is 12.2 Å². The number of hydroxylamine groups is 2. The molecule has 0 saturated carbocycles. The van der Waals surface area contributed by atoms with Crippen molar-refractivity contribution in [3.63, 3.8) is 0 Å². The van der Waals surface area contributed by atoms with Crippen LogP contribution in [0.25, 0.3) is 0 Å². The summed E-state index contributed by atoms with van der Waals surface area (Å²) in [4.78, 5) is 4.67. The van der Waals surface area contributed by atoms with Gasteiger partial charge < -0.3 is 0 Å². The molecule has 0 aliphatic rings. The number of rotatable bonds is 6. The first-order chi connectivity index (χ1) is 6.41. The Balaban J connectivity index is 0. The van der Waals surface area contributed by atoms with E-state index in [1.54, 1.807) is 12.2 Å². The highest BCUT2D eigenvalue weighted by Crippen LogP contribution is 1.61. The Morgan fingerprint density at radius 1 is 1.14 bits per heavy atom. The molecule has 0 rings (SSSR count). The van der Waals surface area contributed by atoms with E-state index < -0.39 is 10.4 Å². The van der Waals surface area contributed by atoms with E-state index in [0.29, 0.717) is 13.1 Å². The molecule has 0 bridgehead atoms. The molecule has 0 aliphatic heterocycles. The molecule has 0 atom stereocenters. The lowest BCUT2D eigenvalue weighted by Crippen LogP contribution is -2.25. The highest BCUT2D eigenvalue weighted by molar-refractivity contribution is 7.79. The van der Waals surface area contributed by atoms with Gasteiger partial charge >= 0.3 is 10.4 Å². The molecule has 0 aromatic heterocycles. The van der Waals surface area contributed by atoms with E-state index in [2.05, 4.69) is 29.1 Å². The summed E-state index contributed by atoms with van der Waals surface area (Å²) in [5.74, 6) is 0. The maximum Gasteiger partial charge on any atom is 0.394 e. The number of hydrogen-bond donors (Lipinski definition) is 4. The molecule has 0 unspecified atom stereocenters. The van der Waals surface area contributed by atoms with Gasteiger partial charge in [-0.15, -0.1) is 13.2 Å². The van der Waals surface area contributed by atoms with Crippen molar-refractivity contribution in [2.24, 2.45) is 0 Å². The van der Waals surface area contributed by atoms with Gasteiger partial charge in [-0.3, -0.25) is 9.11 Å². The first kappa shape index (κ1) is 15.7. The van der Waals surface area contributed by atoms with E-state index in [0.717, 1.165) is 0 Å². The molecule has 0 fully saturated rings. The van der Waals surface area contributed by atoms with Gasteiger partial charge in [-0.05, 0) is 0 Å². The van der Waals surface area contributed by atoms with Gasteiger partial charge in [0.25, 0.3) is 0 Å². The molecule has 0 aliphatic carbocycles. The Bertz CT molecular complexity index is 221. The zero-order valence-electron chi connectivity index (χ0n) is 7.51. The van der Waals surface area contributed by atoms with Gasteiger partial charge in [-0.2, -0.15) is 19.4 Å². The van der Waals surface area contributed by atoms with E-state index in [1.165, 1.54) is 0 Å². The second-order valence-corrected chi connectivity index (χ2v) is 2.72. The van der Waals surface area contributed by atoms with Crippen molar-refractivity contribution in [2.75, 3.05) is 13.1 Å². The molecule has 0 saturated heterocycles. The van der Waals surface area contributed by atoms with Gasteiger partial charge in [0.05, 0.1) is 0 Å². The lowest BCUT2D eigenvalue weighted by molar-refractivity contribution is -0.0267. The van der Waals surface area contributed by atoms with Crippen molar-refractivity contribution in [1.29, 1.82) is 0 Å². The smallest absolute Gasteiger partial charge is 0.264 e. The second kappa shape index (κ2) is 10.3. The molecule has 0 aromatic rings. The van der Waals surface area contributed by atoms with E-state index >= 15 is 0 Å². The first-order valence-electron chi connectivity index (χ1n) is 3.45. The second-order valence-electron chi connectivity index (χ2n) is 1.82. The topological polar surface area (TPSA) is 108 Å². The van der Waals surface area contributed by atoms with Crippen LogP contribution in [-0.2, 0) is 15.3 Å². The molecule has 7 nitrogen and oxygen atoms in total. The van der Waals surface area contributed by atoms with Crippen LogP contribution in [0.4, 0.5) is 0 Å². The Morgan fingerprint density at radius 3 is 1.64 bits per heavy atom. The fourth-order valence-corrected chi connectivity index (χ4v) is 0.252. The van der Waals surface area contributed by atoms with Crippen LogP contribution in [0.5, 0.6) is 0 Å². The Labute approximate surface area is 82.9 Å². The third-order valence-corrected chi connectivity index (χ3v) is 0.600. The third kappa shape index (κ3) is 43.0. The largest absolute Gasteiger partial charge is 0.394 e. The van der Waals surface area contributed by atoms with Crippen molar-refractivity contribution >= 4 is 10.4 Å². The van der Waals surface area contributed by atoms with Crippen molar-refractivity contribution < 1.29 is 22.5 Å². The van der Waals surface area contributed by atoms with Gasteiger partial charge in [-0.25, -0.2) is 4.94 Å². The van der Waals surface area contributed by atoms with Gasteiger partial charge in [0.2, 0.25) is 0 Å². The molecule has 84 valence electrons. The van der Waals surface area contributed by atoms with Crippen molar-refractivity contribution in [3.8, 4) is 0 Å². The zero-order valence-corrected chi connectivity index (χ0v) is 8.33. The van der Waals surface area contributed by atoms with E-state index in [9.17, 15) is 0 Å². The van der Waals surface area contributed by atoms with Gasteiger partial charge in [0.15, 0.2) is 0 Å². The van der Waals surface area contributed by atoms with Crippen LogP contribution >= 0.6 is 0 Å². The fourth-order valence-electron chi connectivity index (χ4n) is 0.252. The summed E-state index contributed by atoms with van der Waals surface area (Å²) in [7, 11) is -4.67. The first-order valence-corrected chi connectivity index (χ1v) is 4.84. The van der Waals surface area contributed by atoms with E-state index in [4.69, 9.17) is 17.5 Å². The molecule has 0 amide bonds. The number of nitrogens with one attached hydrogen (secondary N) is 2. The van der Waals surface area contributed by atoms with Crippen LogP contribution in [0.2, 0.25) is 0 Å². The van der Waals surface area contributed by atoms with Gasteiger partial charge in [0, 0.05) is 13.1 Å². The average Bonchev–Trinajstić information content (AvgIpc) is 2.01. The standard InChI is InChI=1S/C6H12N2O.H2O4S/c1-3-5-7-9-8-6-4-2;1-5(2,3)4/h3-4,7-8H,1-2,5-6H2;(H2,1,2,3,4). The van der Waals surface area contributed by atoms with Crippen molar-refractivity contribution in [3.05, 3.63) is 25.3 Å². The van der Waals surface area contributed by atoms with Crippen molar-refractivity contribution in [1.82, 2.24) is 11.0 Å². The minimum atomic E-state index is -4.67. The quantitative estimate of drug-likeness (QED) is 0.214. The SMILES string of the molecule is C=CCNONCC=C.O=S(=O)(O)O. The van der Waals surface area contributed by atoms with Crippen LogP contribution in [0, 0.1) is 0 Å². The lowest BCUT2D eigenvalue weighted by Gasteiger charge is -2.00. The summed E-state index contributed by atoms with van der Waals surface area (Å²) in [6, 6.07) is 0. The molecule has 14 heavy (non-hydrogen) atoms. The summed E-state index contributed by atoms with van der Waals surface area (Å²) in [5, 5.41) is 0. The van der Waals surface area contributed by atoms with E-state index in [-0.39, 0.29) is 0 Å². The monoisotopic (exact) mass is 226 g/mol. The van der Waals surface area contributed by atoms with Crippen LogP contribution in [-0.4, -0.2) is 30.6 Å². The summed E-state index contributed by atoms with van der Waals surface area (Å²) in [6.07, 6.45) is 3.41. The normalized spacial score (nSPS) is 9.86. The maximum absolute atomic E-state index is 8.74. The molecule has 0 radical (unpaired) electrons. The fraction of sp³-hybridized carbons (Fsp3) is 0.333. The maximum atomic E-state index is 8.74. The molecule has 8 heteroatoms. The Morgan fingerprint density at radius 2 is 1.43 bits per heavy atom. The Hall–Kier alpha value is -0.770. The third-order valence-electron chi connectivity index (χ3n) is 0.600. The Kier molecular flexibility index (Phi) is 11.6. The highest BCUT2D eigenvalue weighted by Gasteiger charge is 1.84. The van der Waals surface area contributed by atoms with Crippen LogP contribution < -0.4 is 11.0 Å². The summed E-state index contributed by atoms with van der Waals surface area (Å²) < 4.78 is 31.6. The molecular formula is C6H14N2O5S. The molecule has 0 aromatic carbocycles. The molecule has 0 spiro atoms. The molecular weight excluding hydrogens is 212 g/mol. The molecule has 0 heterocycles.